The summed E-state index contributed by atoms with van der Waals surface area (Å²) < 4.78 is 10.7. The van der Waals surface area contributed by atoms with Gasteiger partial charge in [0.15, 0.2) is 0 Å². The second-order valence-electron chi connectivity index (χ2n) is 4.49. The molecule has 8 nitrogen and oxygen atoms in total. The van der Waals surface area contributed by atoms with Crippen LogP contribution in [0.1, 0.15) is 16.1 Å². The van der Waals surface area contributed by atoms with Gasteiger partial charge in [-0.05, 0) is 28.5 Å². The lowest BCUT2D eigenvalue weighted by Crippen LogP contribution is -2.84. The van der Waals surface area contributed by atoms with E-state index < -0.39 is 5.91 Å². The molecule has 1 amide bonds. The molecule has 0 radical (unpaired) electrons. The number of nitrogens with two attached hydrogens (primary N) is 2. The average molecular weight is 371 g/mol. The highest BCUT2D eigenvalue weighted by Gasteiger charge is 2.15. The van der Waals surface area contributed by atoms with Gasteiger partial charge in [-0.1, -0.05) is 15.9 Å². The van der Waals surface area contributed by atoms with Crippen LogP contribution in [0.5, 0.6) is 5.75 Å². The Hall–Kier alpha value is -2.13. The second kappa shape index (κ2) is 7.76. The predicted molar refractivity (Wildman–Crippen MR) is 82.2 cm³/mol. The predicted octanol–water partition coefficient (Wildman–Crippen LogP) is -0.0837. The fourth-order valence-corrected chi connectivity index (χ4v) is 2.30. The van der Waals surface area contributed by atoms with Crippen molar-refractivity contribution in [3.05, 3.63) is 33.9 Å². The number of nitrogen functional groups attached to an aromatic ring is 1. The Morgan fingerprint density at radius 1 is 1.50 bits per heavy atom. The molecule has 0 aliphatic rings. The van der Waals surface area contributed by atoms with Crippen LogP contribution >= 0.6 is 15.9 Å². The molecule has 0 fully saturated rings. The molecule has 0 unspecified atom stereocenters. The smallest absolute Gasteiger partial charge is 0.277 e. The van der Waals surface area contributed by atoms with E-state index in [0.717, 1.165) is 22.3 Å². The molecule has 0 saturated carbocycles. The maximum absolute atomic E-state index is 11.7. The van der Waals surface area contributed by atoms with Crippen molar-refractivity contribution in [2.24, 2.45) is 0 Å². The largest absolute Gasteiger partial charge is 0.496 e. The maximum Gasteiger partial charge on any atom is 0.277 e. The quantitative estimate of drug-likeness (QED) is 0.586. The Bertz CT molecular complexity index is 646. The minimum atomic E-state index is -0.396. The zero-order valence-electron chi connectivity index (χ0n) is 12.0. The first kappa shape index (κ1) is 16.2. The Labute approximate surface area is 135 Å². The van der Waals surface area contributed by atoms with Gasteiger partial charge < -0.3 is 21.1 Å². The second-order valence-corrected chi connectivity index (χ2v) is 5.41. The van der Waals surface area contributed by atoms with E-state index >= 15 is 0 Å². The van der Waals surface area contributed by atoms with Crippen molar-refractivity contribution in [2.75, 3.05) is 25.9 Å². The lowest BCUT2D eigenvalue weighted by Gasteiger charge is -2.08. The number of carbonyl (C=O) groups is 1. The molecule has 1 aromatic carbocycles. The number of quaternary nitrogens is 1. The van der Waals surface area contributed by atoms with Crippen LogP contribution in [0, 0.1) is 0 Å². The van der Waals surface area contributed by atoms with Crippen molar-refractivity contribution < 1.29 is 19.5 Å². The molecule has 5 N–H and O–H groups in total. The summed E-state index contributed by atoms with van der Waals surface area (Å²) in [5, 5.41) is 11.6. The first-order valence-electron chi connectivity index (χ1n) is 6.62. The van der Waals surface area contributed by atoms with Crippen molar-refractivity contribution >= 4 is 27.7 Å². The first-order chi connectivity index (χ1) is 10.6. The van der Waals surface area contributed by atoms with E-state index in [1.807, 2.05) is 18.2 Å². The van der Waals surface area contributed by atoms with Gasteiger partial charge >= 0.3 is 0 Å². The molecule has 0 aliphatic heterocycles. The van der Waals surface area contributed by atoms with E-state index in [-0.39, 0.29) is 11.5 Å². The van der Waals surface area contributed by atoms with Gasteiger partial charge in [0.25, 0.3) is 5.91 Å². The monoisotopic (exact) mass is 370 g/mol. The molecule has 2 aromatic rings. The van der Waals surface area contributed by atoms with Crippen molar-refractivity contribution in [2.45, 2.75) is 6.54 Å². The Morgan fingerprint density at radius 2 is 2.32 bits per heavy atom. The van der Waals surface area contributed by atoms with Crippen LogP contribution in [-0.2, 0) is 6.54 Å². The number of carbonyl (C=O) groups excluding carboxylic acids is 1. The number of hydrogen-bond acceptors (Lipinski definition) is 6. The summed E-state index contributed by atoms with van der Waals surface area (Å²) in [5.74, 6) is 0.428. The standard InChI is InChI=1S/C13H16BrN5O3/c1-21-10-3-2-9(14)6-8(10)7-16-4-5-17-13(20)11-12(15)19-22-18-11/h2-3,6,16H,4-5,7H2,1H3,(H2,15,19)(H,17,20)/p+1. The molecular formula is C13H17BrN5O3+. The van der Waals surface area contributed by atoms with Gasteiger partial charge in [-0.3, -0.25) is 4.79 Å². The van der Waals surface area contributed by atoms with Crippen molar-refractivity contribution in [3.8, 4) is 5.75 Å². The molecule has 22 heavy (non-hydrogen) atoms. The summed E-state index contributed by atoms with van der Waals surface area (Å²) in [6.45, 7) is 1.92. The average Bonchev–Trinajstić information content (AvgIpc) is 2.93. The Balaban J connectivity index is 1.75. The number of anilines is 1. The van der Waals surface area contributed by atoms with Gasteiger partial charge in [0.1, 0.15) is 12.3 Å². The number of rotatable bonds is 7. The Kier molecular flexibility index (Phi) is 5.73. The molecule has 0 bridgehead atoms. The fraction of sp³-hybridized carbons (Fsp3) is 0.308. The number of methoxy groups -OCH3 is 1. The maximum atomic E-state index is 11.7. The number of aromatic nitrogens is 2. The van der Waals surface area contributed by atoms with Crippen LogP contribution in [0.25, 0.3) is 0 Å². The summed E-state index contributed by atoms with van der Waals surface area (Å²) in [6, 6.07) is 5.85. The molecule has 1 aromatic heterocycles. The summed E-state index contributed by atoms with van der Waals surface area (Å²) in [4.78, 5) is 11.7. The zero-order valence-corrected chi connectivity index (χ0v) is 13.6. The van der Waals surface area contributed by atoms with Gasteiger partial charge in [-0.15, -0.1) is 0 Å². The number of amides is 1. The highest BCUT2D eigenvalue weighted by atomic mass is 79.9. The minimum absolute atomic E-state index is 0.00802. The van der Waals surface area contributed by atoms with E-state index in [1.165, 1.54) is 0 Å². The van der Waals surface area contributed by atoms with Crippen LogP contribution in [0.15, 0.2) is 27.3 Å². The van der Waals surface area contributed by atoms with Gasteiger partial charge in [0.05, 0.1) is 20.2 Å². The van der Waals surface area contributed by atoms with E-state index in [0.29, 0.717) is 13.1 Å². The molecule has 0 spiro atoms. The van der Waals surface area contributed by atoms with Crippen LogP contribution in [0.2, 0.25) is 0 Å². The van der Waals surface area contributed by atoms with Gasteiger partial charge in [-0.2, -0.15) is 0 Å². The summed E-state index contributed by atoms with van der Waals surface area (Å²) in [7, 11) is 1.64. The van der Waals surface area contributed by atoms with E-state index in [9.17, 15) is 4.79 Å². The summed E-state index contributed by atoms with van der Waals surface area (Å²) in [5.41, 5.74) is 6.52. The highest BCUT2D eigenvalue weighted by Crippen LogP contribution is 2.21. The third-order valence-corrected chi connectivity index (χ3v) is 3.46. The normalized spacial score (nSPS) is 10.5. The zero-order chi connectivity index (χ0) is 15.9. The molecule has 9 heteroatoms. The van der Waals surface area contributed by atoms with Gasteiger partial charge in [0, 0.05) is 10.0 Å². The SMILES string of the molecule is COc1ccc(Br)cc1C[NH2+]CCNC(=O)c1nonc1N. The third kappa shape index (κ3) is 4.18. The van der Waals surface area contributed by atoms with Gasteiger partial charge in [0.2, 0.25) is 11.5 Å². The van der Waals surface area contributed by atoms with Crippen molar-refractivity contribution in [1.82, 2.24) is 15.6 Å². The number of benzene rings is 1. The summed E-state index contributed by atoms with van der Waals surface area (Å²) in [6.07, 6.45) is 0. The summed E-state index contributed by atoms with van der Waals surface area (Å²) >= 11 is 3.44. The topological polar surface area (TPSA) is 120 Å². The van der Waals surface area contributed by atoms with Crippen LogP contribution < -0.4 is 21.1 Å². The number of hydrogen-bond donors (Lipinski definition) is 3. The molecule has 2 rings (SSSR count). The van der Waals surface area contributed by atoms with E-state index in [2.05, 4.69) is 41.5 Å². The third-order valence-electron chi connectivity index (χ3n) is 2.97. The van der Waals surface area contributed by atoms with Crippen LogP contribution in [0.4, 0.5) is 5.82 Å². The fourth-order valence-electron chi connectivity index (χ4n) is 1.89. The van der Waals surface area contributed by atoms with E-state index in [1.54, 1.807) is 7.11 Å². The number of halogens is 1. The highest BCUT2D eigenvalue weighted by molar-refractivity contribution is 9.10. The van der Waals surface area contributed by atoms with Crippen molar-refractivity contribution in [3.63, 3.8) is 0 Å². The number of ether oxygens (including phenoxy) is 1. The van der Waals surface area contributed by atoms with Crippen LogP contribution in [-0.4, -0.2) is 36.4 Å². The Morgan fingerprint density at radius 3 is 3.00 bits per heavy atom. The molecule has 0 aliphatic carbocycles. The molecule has 0 atom stereocenters. The van der Waals surface area contributed by atoms with Crippen molar-refractivity contribution in [1.29, 1.82) is 0 Å². The number of nitrogens with zero attached hydrogens (tertiary/aromatic N) is 2. The molecule has 1 heterocycles. The molecular weight excluding hydrogens is 354 g/mol. The lowest BCUT2D eigenvalue weighted by atomic mass is 10.2. The first-order valence-corrected chi connectivity index (χ1v) is 7.41. The van der Waals surface area contributed by atoms with Crippen LogP contribution in [0.3, 0.4) is 0 Å². The van der Waals surface area contributed by atoms with Gasteiger partial charge in [-0.25, -0.2) is 4.63 Å². The number of nitrogens with one attached hydrogen (secondary N) is 1. The molecule has 118 valence electrons. The molecule has 0 saturated heterocycles. The minimum Gasteiger partial charge on any atom is -0.496 e. The van der Waals surface area contributed by atoms with E-state index in [4.69, 9.17) is 10.5 Å². The lowest BCUT2D eigenvalue weighted by molar-refractivity contribution is -0.668.